The number of aromatic nitrogens is 1. The van der Waals surface area contributed by atoms with Gasteiger partial charge in [-0.25, -0.2) is 13.6 Å². The van der Waals surface area contributed by atoms with E-state index in [0.717, 1.165) is 22.4 Å². The molecule has 1 fully saturated rings. The van der Waals surface area contributed by atoms with Crippen LogP contribution in [-0.2, 0) is 11.3 Å². The Balaban J connectivity index is 1.64. The predicted molar refractivity (Wildman–Crippen MR) is 103 cm³/mol. The van der Waals surface area contributed by atoms with Gasteiger partial charge in [-0.05, 0) is 29.8 Å². The van der Waals surface area contributed by atoms with Gasteiger partial charge < -0.3 is 15.0 Å². The van der Waals surface area contributed by atoms with E-state index in [1.54, 1.807) is 18.3 Å². The number of hydrogen-bond donors (Lipinski definition) is 2. The van der Waals surface area contributed by atoms with Gasteiger partial charge in [-0.3, -0.25) is 9.69 Å². The van der Waals surface area contributed by atoms with Crippen LogP contribution in [0.25, 0.3) is 17.0 Å². The van der Waals surface area contributed by atoms with Crippen molar-refractivity contribution in [3.8, 4) is 5.75 Å². The average Bonchev–Trinajstić information content (AvgIpc) is 3.21. The van der Waals surface area contributed by atoms with Crippen LogP contribution < -0.4 is 10.1 Å². The van der Waals surface area contributed by atoms with Crippen molar-refractivity contribution >= 4 is 40.5 Å². The van der Waals surface area contributed by atoms with Crippen LogP contribution in [-0.4, -0.2) is 28.9 Å². The summed E-state index contributed by atoms with van der Waals surface area (Å²) in [7, 11) is 1.50. The molecule has 0 unspecified atom stereocenters. The minimum atomic E-state index is -1.04. The van der Waals surface area contributed by atoms with Crippen molar-refractivity contribution in [2.24, 2.45) is 0 Å². The van der Waals surface area contributed by atoms with E-state index >= 15 is 0 Å². The van der Waals surface area contributed by atoms with Crippen LogP contribution >= 0.6 is 11.6 Å². The molecule has 1 aliphatic rings. The summed E-state index contributed by atoms with van der Waals surface area (Å²) >= 11 is 6.11. The van der Waals surface area contributed by atoms with Gasteiger partial charge in [0.05, 0.1) is 24.2 Å². The fraction of sp³-hybridized carbons (Fsp3) is 0.100. The standard InChI is InChI=1S/C20H14ClF2N3O3/c1-29-18-13(21)4-3-12-11(8-24-17(12)18)7-16-19(27)26(20(28)25-16)9-10-2-5-14(22)15(23)6-10/h2-8,24H,9H2,1H3,(H,25,28)/b16-7-. The molecule has 0 radical (unpaired) electrons. The van der Waals surface area contributed by atoms with E-state index < -0.39 is 23.6 Å². The normalized spacial score (nSPS) is 15.4. The summed E-state index contributed by atoms with van der Waals surface area (Å²) < 4.78 is 31.8. The number of hydrogen-bond acceptors (Lipinski definition) is 3. The number of carbonyl (C=O) groups is 2. The number of amides is 3. The summed E-state index contributed by atoms with van der Waals surface area (Å²) in [4.78, 5) is 28.9. The molecule has 0 atom stereocenters. The summed E-state index contributed by atoms with van der Waals surface area (Å²) in [6.07, 6.45) is 3.19. The molecule has 2 N–H and O–H groups in total. The van der Waals surface area contributed by atoms with Gasteiger partial charge in [-0.15, -0.1) is 0 Å². The Kier molecular flexibility index (Phi) is 4.71. The molecule has 2 heterocycles. The van der Waals surface area contributed by atoms with E-state index in [2.05, 4.69) is 10.3 Å². The van der Waals surface area contributed by atoms with E-state index in [0.29, 0.717) is 27.4 Å². The lowest BCUT2D eigenvalue weighted by Crippen LogP contribution is -2.30. The summed E-state index contributed by atoms with van der Waals surface area (Å²) in [6, 6.07) is 6.01. The topological polar surface area (TPSA) is 74.4 Å². The molecule has 0 aliphatic carbocycles. The Morgan fingerprint density at radius 2 is 1.97 bits per heavy atom. The van der Waals surface area contributed by atoms with E-state index in [4.69, 9.17) is 16.3 Å². The number of halogens is 3. The smallest absolute Gasteiger partial charge is 0.329 e. The van der Waals surface area contributed by atoms with Gasteiger partial charge in [-0.1, -0.05) is 23.7 Å². The van der Waals surface area contributed by atoms with Gasteiger partial charge in [0, 0.05) is 17.1 Å². The van der Waals surface area contributed by atoms with Gasteiger partial charge in [0.2, 0.25) is 0 Å². The summed E-state index contributed by atoms with van der Waals surface area (Å²) in [5.41, 5.74) is 1.66. The molecular formula is C20H14ClF2N3O3. The molecule has 9 heteroatoms. The van der Waals surface area contributed by atoms with E-state index in [-0.39, 0.29) is 12.2 Å². The lowest BCUT2D eigenvalue weighted by atomic mass is 10.1. The molecule has 4 rings (SSSR count). The first kappa shape index (κ1) is 18.9. The van der Waals surface area contributed by atoms with Crippen LogP contribution in [0.4, 0.5) is 13.6 Å². The molecule has 1 aliphatic heterocycles. The van der Waals surface area contributed by atoms with Crippen LogP contribution in [0, 0.1) is 11.6 Å². The first-order valence-electron chi connectivity index (χ1n) is 8.51. The van der Waals surface area contributed by atoms with Gasteiger partial charge in [0.1, 0.15) is 5.70 Å². The molecular weight excluding hydrogens is 404 g/mol. The SMILES string of the molecule is COc1c(Cl)ccc2c(/C=C3\NC(=O)N(Cc4ccc(F)c(F)c4)C3=O)c[nH]c12. The molecule has 148 valence electrons. The van der Waals surface area contributed by atoms with Crippen LogP contribution in [0.2, 0.25) is 5.02 Å². The van der Waals surface area contributed by atoms with Gasteiger partial charge in [0.15, 0.2) is 17.4 Å². The first-order valence-corrected chi connectivity index (χ1v) is 8.89. The maximum Gasteiger partial charge on any atom is 0.329 e. The minimum Gasteiger partial charge on any atom is -0.493 e. The van der Waals surface area contributed by atoms with Crippen molar-refractivity contribution in [1.29, 1.82) is 0 Å². The lowest BCUT2D eigenvalue weighted by molar-refractivity contribution is -0.123. The van der Waals surface area contributed by atoms with Gasteiger partial charge >= 0.3 is 6.03 Å². The van der Waals surface area contributed by atoms with Crippen molar-refractivity contribution in [3.63, 3.8) is 0 Å². The number of rotatable bonds is 4. The molecule has 3 aromatic rings. The van der Waals surface area contributed by atoms with E-state index in [9.17, 15) is 18.4 Å². The fourth-order valence-corrected chi connectivity index (χ4v) is 3.41. The Labute approximate surface area is 168 Å². The monoisotopic (exact) mass is 417 g/mol. The lowest BCUT2D eigenvalue weighted by Gasteiger charge is -2.11. The maximum atomic E-state index is 13.4. The number of nitrogens with zero attached hydrogens (tertiary/aromatic N) is 1. The molecule has 6 nitrogen and oxygen atoms in total. The quantitative estimate of drug-likeness (QED) is 0.493. The largest absolute Gasteiger partial charge is 0.493 e. The molecule has 2 aromatic carbocycles. The first-order chi connectivity index (χ1) is 13.9. The number of nitrogens with one attached hydrogen (secondary N) is 2. The highest BCUT2D eigenvalue weighted by Crippen LogP contribution is 2.35. The number of H-pyrrole nitrogens is 1. The van der Waals surface area contributed by atoms with Gasteiger partial charge in [-0.2, -0.15) is 0 Å². The molecule has 0 spiro atoms. The molecule has 3 amide bonds. The van der Waals surface area contributed by atoms with Crippen LogP contribution in [0.3, 0.4) is 0 Å². The zero-order valence-corrected chi connectivity index (χ0v) is 15.8. The summed E-state index contributed by atoms with van der Waals surface area (Å²) in [5.74, 6) is -2.15. The maximum absolute atomic E-state index is 13.4. The molecule has 1 aromatic heterocycles. The van der Waals surface area contributed by atoms with Gasteiger partial charge in [0.25, 0.3) is 5.91 Å². The number of benzene rings is 2. The van der Waals surface area contributed by atoms with Crippen molar-refractivity contribution in [1.82, 2.24) is 15.2 Å². The Bertz CT molecular complexity index is 1190. The predicted octanol–water partition coefficient (Wildman–Crippen LogP) is 4.20. The Hall–Kier alpha value is -3.39. The number of ether oxygens (including phenoxy) is 1. The molecule has 29 heavy (non-hydrogen) atoms. The molecule has 0 bridgehead atoms. The second-order valence-electron chi connectivity index (χ2n) is 6.38. The van der Waals surface area contributed by atoms with Crippen LogP contribution in [0.5, 0.6) is 5.75 Å². The third-order valence-electron chi connectivity index (χ3n) is 4.58. The second-order valence-corrected chi connectivity index (χ2v) is 6.78. The molecule has 0 saturated carbocycles. The highest BCUT2D eigenvalue weighted by Gasteiger charge is 2.33. The number of urea groups is 1. The Morgan fingerprint density at radius 1 is 1.17 bits per heavy atom. The summed E-state index contributed by atoms with van der Waals surface area (Å²) in [5, 5.41) is 3.69. The van der Waals surface area contributed by atoms with Crippen LogP contribution in [0.1, 0.15) is 11.1 Å². The highest BCUT2D eigenvalue weighted by molar-refractivity contribution is 6.33. The third kappa shape index (κ3) is 3.31. The minimum absolute atomic E-state index is 0.0624. The fourth-order valence-electron chi connectivity index (χ4n) is 3.18. The van der Waals surface area contributed by atoms with Crippen molar-refractivity contribution in [2.45, 2.75) is 6.54 Å². The van der Waals surface area contributed by atoms with E-state index in [1.807, 2.05) is 0 Å². The number of carbonyl (C=O) groups excluding carboxylic acids is 2. The molecule has 1 saturated heterocycles. The number of imide groups is 1. The second kappa shape index (κ2) is 7.21. The number of aromatic amines is 1. The van der Waals surface area contributed by atoms with Crippen molar-refractivity contribution in [2.75, 3.05) is 7.11 Å². The van der Waals surface area contributed by atoms with Crippen LogP contribution in [0.15, 0.2) is 42.2 Å². The zero-order valence-electron chi connectivity index (χ0n) is 15.1. The van der Waals surface area contributed by atoms with E-state index in [1.165, 1.54) is 19.3 Å². The number of fused-ring (bicyclic) bond motifs is 1. The van der Waals surface area contributed by atoms with Crippen molar-refractivity contribution in [3.05, 3.63) is 70.0 Å². The average molecular weight is 418 g/mol. The Morgan fingerprint density at radius 3 is 2.69 bits per heavy atom. The highest BCUT2D eigenvalue weighted by atomic mass is 35.5. The van der Waals surface area contributed by atoms with Crippen molar-refractivity contribution < 1.29 is 23.1 Å². The summed E-state index contributed by atoms with van der Waals surface area (Å²) in [6.45, 7) is -0.184. The third-order valence-corrected chi connectivity index (χ3v) is 4.88. The zero-order chi connectivity index (χ0) is 20.7. The number of methoxy groups -OCH3 is 1.